The van der Waals surface area contributed by atoms with Crippen LogP contribution in [0.3, 0.4) is 0 Å². The molecule has 1 atom stereocenters. The van der Waals surface area contributed by atoms with E-state index in [-0.39, 0.29) is 6.10 Å². The fourth-order valence-electron chi connectivity index (χ4n) is 2.78. The third kappa shape index (κ3) is 3.84. The second-order valence-electron chi connectivity index (χ2n) is 5.53. The lowest BCUT2D eigenvalue weighted by molar-refractivity contribution is 0.157. The van der Waals surface area contributed by atoms with Crippen molar-refractivity contribution in [2.75, 3.05) is 0 Å². The van der Waals surface area contributed by atoms with E-state index in [1.54, 1.807) is 0 Å². The second-order valence-corrected chi connectivity index (χ2v) is 5.53. The number of aromatic nitrogens is 2. The van der Waals surface area contributed by atoms with Gasteiger partial charge in [-0.15, -0.1) is 0 Å². The van der Waals surface area contributed by atoms with Crippen LogP contribution in [0, 0.1) is 0 Å². The Hall–Kier alpha value is -0.830. The van der Waals surface area contributed by atoms with E-state index in [0.29, 0.717) is 6.04 Å². The molecular weight excluding hydrogens is 224 g/mol. The third-order valence-corrected chi connectivity index (χ3v) is 4.05. The molecule has 1 N–H and O–H groups in total. The molecule has 102 valence electrons. The van der Waals surface area contributed by atoms with Crippen molar-refractivity contribution in [1.82, 2.24) is 9.78 Å². The van der Waals surface area contributed by atoms with Crippen LogP contribution in [0.4, 0.5) is 0 Å². The molecule has 18 heavy (non-hydrogen) atoms. The molecule has 1 aromatic heterocycles. The SMILES string of the molecule is CCC(O)CCCc1ccn(C2CCCCC2)n1. The van der Waals surface area contributed by atoms with E-state index in [1.807, 2.05) is 6.92 Å². The van der Waals surface area contributed by atoms with Gasteiger partial charge >= 0.3 is 0 Å². The van der Waals surface area contributed by atoms with Crippen LogP contribution in [0.2, 0.25) is 0 Å². The van der Waals surface area contributed by atoms with Crippen LogP contribution in [0.25, 0.3) is 0 Å². The molecule has 0 aromatic carbocycles. The Bertz CT molecular complexity index is 342. The lowest BCUT2D eigenvalue weighted by Gasteiger charge is -2.21. The fourth-order valence-corrected chi connectivity index (χ4v) is 2.78. The van der Waals surface area contributed by atoms with Gasteiger partial charge in [-0.3, -0.25) is 4.68 Å². The van der Waals surface area contributed by atoms with Gasteiger partial charge in [-0.1, -0.05) is 26.2 Å². The molecule has 1 saturated carbocycles. The van der Waals surface area contributed by atoms with Gasteiger partial charge < -0.3 is 5.11 Å². The largest absolute Gasteiger partial charge is 0.393 e. The molecule has 2 rings (SSSR count). The summed E-state index contributed by atoms with van der Waals surface area (Å²) in [5, 5.41) is 14.2. The molecule has 0 radical (unpaired) electrons. The summed E-state index contributed by atoms with van der Waals surface area (Å²) in [5.74, 6) is 0. The summed E-state index contributed by atoms with van der Waals surface area (Å²) < 4.78 is 2.17. The van der Waals surface area contributed by atoms with Crippen molar-refractivity contribution >= 4 is 0 Å². The Balaban J connectivity index is 1.78. The minimum Gasteiger partial charge on any atom is -0.393 e. The zero-order valence-electron chi connectivity index (χ0n) is 11.5. The Kier molecular flexibility index (Phi) is 5.24. The maximum Gasteiger partial charge on any atom is 0.0624 e. The minimum atomic E-state index is -0.134. The second kappa shape index (κ2) is 6.93. The zero-order chi connectivity index (χ0) is 12.8. The van der Waals surface area contributed by atoms with Gasteiger partial charge in [0.2, 0.25) is 0 Å². The minimum absolute atomic E-state index is 0.134. The summed E-state index contributed by atoms with van der Waals surface area (Å²) in [4.78, 5) is 0. The predicted molar refractivity (Wildman–Crippen MR) is 73.6 cm³/mol. The topological polar surface area (TPSA) is 38.0 Å². The van der Waals surface area contributed by atoms with Crippen molar-refractivity contribution in [2.45, 2.75) is 76.9 Å². The third-order valence-electron chi connectivity index (χ3n) is 4.05. The Morgan fingerprint density at radius 3 is 2.89 bits per heavy atom. The van der Waals surface area contributed by atoms with Gasteiger partial charge in [0.25, 0.3) is 0 Å². The van der Waals surface area contributed by atoms with E-state index in [2.05, 4.69) is 16.9 Å². The van der Waals surface area contributed by atoms with Gasteiger partial charge in [-0.05, 0) is 44.6 Å². The highest BCUT2D eigenvalue weighted by Crippen LogP contribution is 2.27. The number of hydrogen-bond acceptors (Lipinski definition) is 2. The molecule has 1 aliphatic carbocycles. The molecule has 3 heteroatoms. The average Bonchev–Trinajstić information content (AvgIpc) is 2.88. The van der Waals surface area contributed by atoms with Crippen molar-refractivity contribution in [3.8, 4) is 0 Å². The van der Waals surface area contributed by atoms with Crippen molar-refractivity contribution in [3.63, 3.8) is 0 Å². The molecule has 0 saturated heterocycles. The molecule has 1 unspecified atom stereocenters. The monoisotopic (exact) mass is 250 g/mol. The number of hydrogen-bond donors (Lipinski definition) is 1. The molecule has 0 aliphatic heterocycles. The number of aryl methyl sites for hydroxylation is 1. The van der Waals surface area contributed by atoms with Crippen LogP contribution in [0.15, 0.2) is 12.3 Å². The van der Waals surface area contributed by atoms with Crippen LogP contribution in [-0.4, -0.2) is 21.0 Å². The summed E-state index contributed by atoms with van der Waals surface area (Å²) in [6.07, 6.45) is 12.5. The summed E-state index contributed by atoms with van der Waals surface area (Å²) >= 11 is 0. The maximum absolute atomic E-state index is 9.52. The first kappa shape index (κ1) is 13.6. The summed E-state index contributed by atoms with van der Waals surface area (Å²) in [6, 6.07) is 2.78. The van der Waals surface area contributed by atoms with Gasteiger partial charge in [-0.25, -0.2) is 0 Å². The van der Waals surface area contributed by atoms with Crippen molar-refractivity contribution in [1.29, 1.82) is 0 Å². The van der Waals surface area contributed by atoms with Crippen LogP contribution < -0.4 is 0 Å². The van der Waals surface area contributed by atoms with Crippen molar-refractivity contribution in [3.05, 3.63) is 18.0 Å². The lowest BCUT2D eigenvalue weighted by atomic mass is 9.96. The van der Waals surface area contributed by atoms with E-state index < -0.39 is 0 Å². The molecule has 1 aliphatic rings. The van der Waals surface area contributed by atoms with E-state index >= 15 is 0 Å². The highest BCUT2D eigenvalue weighted by molar-refractivity contribution is 5.00. The number of nitrogens with zero attached hydrogens (tertiary/aromatic N) is 2. The van der Waals surface area contributed by atoms with Gasteiger partial charge in [0.15, 0.2) is 0 Å². The van der Waals surface area contributed by atoms with Gasteiger partial charge in [-0.2, -0.15) is 5.10 Å². The first-order valence-corrected chi connectivity index (χ1v) is 7.51. The number of aliphatic hydroxyl groups is 1. The van der Waals surface area contributed by atoms with Crippen molar-refractivity contribution < 1.29 is 5.11 Å². The average molecular weight is 250 g/mol. The first-order valence-electron chi connectivity index (χ1n) is 7.51. The number of aliphatic hydroxyl groups excluding tert-OH is 1. The molecule has 1 aromatic rings. The van der Waals surface area contributed by atoms with Crippen LogP contribution in [0.1, 0.15) is 70.0 Å². The van der Waals surface area contributed by atoms with E-state index in [1.165, 1.54) is 37.8 Å². The maximum atomic E-state index is 9.52. The van der Waals surface area contributed by atoms with E-state index in [4.69, 9.17) is 5.10 Å². The fraction of sp³-hybridized carbons (Fsp3) is 0.800. The summed E-state index contributed by atoms with van der Waals surface area (Å²) in [6.45, 7) is 2.03. The molecule has 0 spiro atoms. The molecule has 1 heterocycles. The highest BCUT2D eigenvalue weighted by Gasteiger charge is 2.15. The lowest BCUT2D eigenvalue weighted by Crippen LogP contribution is -2.13. The Morgan fingerprint density at radius 2 is 2.17 bits per heavy atom. The molecule has 0 bridgehead atoms. The molecule has 1 fully saturated rings. The normalized spacial score (nSPS) is 19.0. The van der Waals surface area contributed by atoms with E-state index in [0.717, 1.165) is 25.7 Å². The highest BCUT2D eigenvalue weighted by atomic mass is 16.3. The standard InChI is InChI=1S/C15H26N2O/c1-2-15(18)10-6-7-13-11-12-17(16-13)14-8-4-3-5-9-14/h11-12,14-15,18H,2-10H2,1H3. The summed E-state index contributed by atoms with van der Waals surface area (Å²) in [5.41, 5.74) is 1.18. The first-order chi connectivity index (χ1) is 8.79. The van der Waals surface area contributed by atoms with E-state index in [9.17, 15) is 5.11 Å². The molecule has 0 amide bonds. The Labute approximate surface area is 110 Å². The zero-order valence-corrected chi connectivity index (χ0v) is 11.5. The molecule has 3 nitrogen and oxygen atoms in total. The van der Waals surface area contributed by atoms with Gasteiger partial charge in [0.1, 0.15) is 0 Å². The smallest absolute Gasteiger partial charge is 0.0624 e. The van der Waals surface area contributed by atoms with Crippen LogP contribution in [-0.2, 0) is 6.42 Å². The quantitative estimate of drug-likeness (QED) is 0.839. The van der Waals surface area contributed by atoms with Gasteiger partial charge in [0, 0.05) is 6.20 Å². The predicted octanol–water partition coefficient (Wildman–Crippen LogP) is 3.48. The summed E-state index contributed by atoms with van der Waals surface area (Å²) in [7, 11) is 0. The van der Waals surface area contributed by atoms with Gasteiger partial charge in [0.05, 0.1) is 17.8 Å². The van der Waals surface area contributed by atoms with Crippen LogP contribution >= 0.6 is 0 Å². The van der Waals surface area contributed by atoms with Crippen LogP contribution in [0.5, 0.6) is 0 Å². The molecular formula is C15H26N2O. The van der Waals surface area contributed by atoms with Crippen molar-refractivity contribution in [2.24, 2.45) is 0 Å². The number of rotatable bonds is 6. The Morgan fingerprint density at radius 1 is 1.39 bits per heavy atom.